The van der Waals surface area contributed by atoms with Gasteiger partial charge in [-0.1, -0.05) is 0 Å². The minimum Gasteiger partial charge on any atom is -0.379 e. The topological polar surface area (TPSA) is 88.6 Å². The summed E-state index contributed by atoms with van der Waals surface area (Å²) in [5.74, 6) is -0.395. The van der Waals surface area contributed by atoms with Gasteiger partial charge in [-0.05, 0) is 4.68 Å². The first-order chi connectivity index (χ1) is 9.58. The molecule has 1 N–H and O–H groups in total. The molecular weight excluding hydrogens is 264 g/mol. The Hall–Kier alpha value is -1.80. The Balaban J connectivity index is 2.04. The predicted octanol–water partition coefficient (Wildman–Crippen LogP) is -0.545. The van der Waals surface area contributed by atoms with Crippen LogP contribution < -0.4 is 10.00 Å². The van der Waals surface area contributed by atoms with Gasteiger partial charge in [-0.15, -0.1) is 0 Å². The lowest BCUT2D eigenvalue weighted by Crippen LogP contribution is -2.48. The number of aromatic nitrogens is 2. The maximum atomic E-state index is 11.7. The molecule has 0 radical (unpaired) electrons. The Labute approximate surface area is 116 Å². The molecule has 1 saturated heterocycles. The van der Waals surface area contributed by atoms with E-state index in [1.165, 1.54) is 18.5 Å². The fourth-order valence-electron chi connectivity index (χ4n) is 2.09. The van der Waals surface area contributed by atoms with Gasteiger partial charge in [0.15, 0.2) is 6.54 Å². The van der Waals surface area contributed by atoms with Crippen molar-refractivity contribution in [3.8, 4) is 0 Å². The number of anilines is 1. The molecular formula is C12H19N4O4+. The van der Waals surface area contributed by atoms with Gasteiger partial charge in [-0.3, -0.25) is 24.3 Å². The molecule has 0 bridgehead atoms. The summed E-state index contributed by atoms with van der Waals surface area (Å²) >= 11 is 0. The van der Waals surface area contributed by atoms with Gasteiger partial charge < -0.3 is 4.74 Å². The normalized spacial score (nSPS) is 16.1. The third-order valence-corrected chi connectivity index (χ3v) is 3.06. The molecule has 1 amide bonds. The van der Waals surface area contributed by atoms with Crippen molar-refractivity contribution in [1.82, 2.24) is 10.2 Å². The molecule has 0 atom stereocenters. The molecule has 0 unspecified atom stereocenters. The SMILES string of the molecule is CC(=O)Nc1on[n+](CCN2CCOCC2)c1C(C)=O. The average Bonchev–Trinajstić information content (AvgIpc) is 2.79. The van der Waals surface area contributed by atoms with Crippen LogP contribution in [0.2, 0.25) is 0 Å². The lowest BCUT2D eigenvalue weighted by molar-refractivity contribution is -0.763. The molecule has 2 heterocycles. The Morgan fingerprint density at radius 2 is 2.05 bits per heavy atom. The van der Waals surface area contributed by atoms with Crippen molar-refractivity contribution in [1.29, 1.82) is 0 Å². The fraction of sp³-hybridized carbons (Fsp3) is 0.667. The van der Waals surface area contributed by atoms with E-state index >= 15 is 0 Å². The molecule has 1 aromatic rings. The largest absolute Gasteiger partial charge is 0.379 e. The van der Waals surface area contributed by atoms with Crippen LogP contribution in [0.25, 0.3) is 0 Å². The number of hydrogen-bond donors (Lipinski definition) is 1. The zero-order chi connectivity index (χ0) is 14.5. The first-order valence-corrected chi connectivity index (χ1v) is 6.56. The van der Waals surface area contributed by atoms with Gasteiger partial charge in [0.25, 0.3) is 0 Å². The second-order valence-corrected chi connectivity index (χ2v) is 4.67. The van der Waals surface area contributed by atoms with Crippen molar-refractivity contribution in [2.75, 3.05) is 38.2 Å². The Morgan fingerprint density at radius 3 is 2.65 bits per heavy atom. The van der Waals surface area contributed by atoms with Gasteiger partial charge in [0.2, 0.25) is 17.0 Å². The van der Waals surface area contributed by atoms with E-state index in [2.05, 4.69) is 15.5 Å². The van der Waals surface area contributed by atoms with Crippen LogP contribution in [0.4, 0.5) is 5.88 Å². The molecule has 0 saturated carbocycles. The molecule has 20 heavy (non-hydrogen) atoms. The molecule has 1 aliphatic heterocycles. The molecule has 8 heteroatoms. The minimum absolute atomic E-state index is 0.104. The lowest BCUT2D eigenvalue weighted by Gasteiger charge is -2.24. The minimum atomic E-state index is -0.302. The van der Waals surface area contributed by atoms with Crippen LogP contribution in [0.1, 0.15) is 24.3 Å². The van der Waals surface area contributed by atoms with E-state index in [4.69, 9.17) is 9.26 Å². The summed E-state index contributed by atoms with van der Waals surface area (Å²) in [6.45, 7) is 7.23. The Morgan fingerprint density at radius 1 is 1.35 bits per heavy atom. The Kier molecular flexibility index (Phi) is 4.80. The summed E-state index contributed by atoms with van der Waals surface area (Å²) < 4.78 is 11.8. The highest BCUT2D eigenvalue weighted by Gasteiger charge is 2.29. The van der Waals surface area contributed by atoms with Gasteiger partial charge in [0.1, 0.15) is 0 Å². The molecule has 110 valence electrons. The molecule has 1 fully saturated rings. The zero-order valence-corrected chi connectivity index (χ0v) is 11.7. The summed E-state index contributed by atoms with van der Waals surface area (Å²) in [5.41, 5.74) is 0.286. The highest BCUT2D eigenvalue weighted by Crippen LogP contribution is 2.10. The monoisotopic (exact) mass is 283 g/mol. The predicted molar refractivity (Wildman–Crippen MR) is 68.3 cm³/mol. The first kappa shape index (κ1) is 14.6. The van der Waals surface area contributed by atoms with E-state index in [0.29, 0.717) is 6.54 Å². The van der Waals surface area contributed by atoms with Crippen molar-refractivity contribution in [2.45, 2.75) is 20.4 Å². The number of hydrogen-bond acceptors (Lipinski definition) is 6. The molecule has 8 nitrogen and oxygen atoms in total. The summed E-state index contributed by atoms with van der Waals surface area (Å²) in [4.78, 5) is 25.0. The number of ketones is 1. The average molecular weight is 283 g/mol. The van der Waals surface area contributed by atoms with Crippen molar-refractivity contribution >= 4 is 17.6 Å². The maximum Gasteiger partial charge on any atom is 0.340 e. The van der Waals surface area contributed by atoms with E-state index in [9.17, 15) is 9.59 Å². The second-order valence-electron chi connectivity index (χ2n) is 4.67. The van der Waals surface area contributed by atoms with Crippen LogP contribution in [0, 0.1) is 0 Å². The van der Waals surface area contributed by atoms with Crippen LogP contribution in [0.15, 0.2) is 4.52 Å². The van der Waals surface area contributed by atoms with Crippen LogP contribution in [0.3, 0.4) is 0 Å². The molecule has 0 aliphatic carbocycles. The molecule has 1 aliphatic rings. The molecule has 0 spiro atoms. The highest BCUT2D eigenvalue weighted by molar-refractivity contribution is 5.98. The van der Waals surface area contributed by atoms with E-state index in [-0.39, 0.29) is 23.3 Å². The number of carbonyl (C=O) groups is 2. The number of ether oxygens (including phenoxy) is 1. The van der Waals surface area contributed by atoms with E-state index in [1.807, 2.05) is 0 Å². The van der Waals surface area contributed by atoms with Gasteiger partial charge >= 0.3 is 11.6 Å². The number of morpholine rings is 1. The second kappa shape index (κ2) is 6.58. The highest BCUT2D eigenvalue weighted by atomic mass is 16.5. The third kappa shape index (κ3) is 3.61. The van der Waals surface area contributed by atoms with Crippen LogP contribution in [-0.2, 0) is 16.1 Å². The number of rotatable bonds is 5. The quantitative estimate of drug-likeness (QED) is 0.576. The van der Waals surface area contributed by atoms with E-state index in [1.54, 1.807) is 0 Å². The van der Waals surface area contributed by atoms with Crippen molar-refractivity contribution in [3.63, 3.8) is 0 Å². The van der Waals surface area contributed by atoms with Crippen molar-refractivity contribution in [2.24, 2.45) is 0 Å². The van der Waals surface area contributed by atoms with Crippen LogP contribution >= 0.6 is 0 Å². The van der Waals surface area contributed by atoms with Crippen molar-refractivity contribution in [3.05, 3.63) is 5.69 Å². The molecule has 0 aromatic carbocycles. The summed E-state index contributed by atoms with van der Waals surface area (Å²) in [6, 6.07) is 0. The molecule has 1 aromatic heterocycles. The smallest absolute Gasteiger partial charge is 0.340 e. The van der Waals surface area contributed by atoms with E-state index in [0.717, 1.165) is 32.8 Å². The summed E-state index contributed by atoms with van der Waals surface area (Å²) in [6.07, 6.45) is 0. The Bertz CT molecular complexity index is 494. The van der Waals surface area contributed by atoms with Crippen LogP contribution in [-0.4, -0.2) is 54.7 Å². The number of nitrogens with zero attached hydrogens (tertiary/aromatic N) is 3. The number of amides is 1. The number of carbonyl (C=O) groups excluding carboxylic acids is 2. The third-order valence-electron chi connectivity index (χ3n) is 3.06. The van der Waals surface area contributed by atoms with Gasteiger partial charge in [-0.2, -0.15) is 0 Å². The lowest BCUT2D eigenvalue weighted by atomic mass is 10.3. The molecule has 2 rings (SSSR count). The van der Waals surface area contributed by atoms with Gasteiger partial charge in [-0.25, -0.2) is 0 Å². The van der Waals surface area contributed by atoms with Crippen molar-refractivity contribution < 1.29 is 23.5 Å². The number of Topliss-reactive ketones (excluding diaryl/α,β-unsaturated/α-hetero) is 1. The van der Waals surface area contributed by atoms with Gasteiger partial charge in [0, 0.05) is 26.9 Å². The zero-order valence-electron chi connectivity index (χ0n) is 11.7. The van der Waals surface area contributed by atoms with E-state index < -0.39 is 0 Å². The number of nitrogens with one attached hydrogen (secondary N) is 1. The summed E-state index contributed by atoms with van der Waals surface area (Å²) in [5, 5.41) is 6.29. The maximum absolute atomic E-state index is 11.7. The first-order valence-electron chi connectivity index (χ1n) is 6.56. The fourth-order valence-corrected chi connectivity index (χ4v) is 2.09. The van der Waals surface area contributed by atoms with Crippen LogP contribution in [0.5, 0.6) is 0 Å². The standard InChI is InChI=1S/C12H18N4O4/c1-9(17)11-12(13-10(2)18)20-14-16(11)4-3-15-5-7-19-8-6-15/h3-8H2,1-2H3/p+1. The van der Waals surface area contributed by atoms with Gasteiger partial charge in [0.05, 0.1) is 19.8 Å². The summed E-state index contributed by atoms with van der Waals surface area (Å²) in [7, 11) is 0.